The number of hydrogen-bond donors (Lipinski definition) is 3. The summed E-state index contributed by atoms with van der Waals surface area (Å²) in [6, 6.07) is 5.51. The Morgan fingerprint density at radius 2 is 1.69 bits per heavy atom. The molecule has 7 nitrogen and oxygen atoms in total. The van der Waals surface area contributed by atoms with Crippen LogP contribution in [0.5, 0.6) is 0 Å². The highest BCUT2D eigenvalue weighted by molar-refractivity contribution is 7.89. The SMILES string of the molecule is CC(C)CNS(=O)(=O)c1ccc(C(=O)NC2(C(=O)O)CCCCC2)cc1. The first kappa shape index (κ1) is 20.4. The van der Waals surface area contributed by atoms with Crippen LogP contribution >= 0.6 is 0 Å². The van der Waals surface area contributed by atoms with Crippen molar-refractivity contribution in [3.8, 4) is 0 Å². The Bertz CT molecular complexity index is 750. The normalized spacial score (nSPS) is 17.0. The van der Waals surface area contributed by atoms with Crippen LogP contribution in [0.3, 0.4) is 0 Å². The average Bonchev–Trinajstić information content (AvgIpc) is 2.61. The Hall–Kier alpha value is -1.93. The number of nitrogens with one attached hydrogen (secondary N) is 2. The molecule has 0 saturated heterocycles. The lowest BCUT2D eigenvalue weighted by molar-refractivity contribution is -0.145. The third kappa shape index (κ3) is 4.82. The Morgan fingerprint density at radius 1 is 1.12 bits per heavy atom. The lowest BCUT2D eigenvalue weighted by Gasteiger charge is -2.34. The van der Waals surface area contributed by atoms with Gasteiger partial charge in [-0.1, -0.05) is 33.1 Å². The molecule has 1 aromatic rings. The summed E-state index contributed by atoms with van der Waals surface area (Å²) in [7, 11) is -3.63. The van der Waals surface area contributed by atoms with Gasteiger partial charge in [-0.3, -0.25) is 4.79 Å². The summed E-state index contributed by atoms with van der Waals surface area (Å²) in [5, 5.41) is 12.2. The quantitative estimate of drug-likeness (QED) is 0.669. The maximum Gasteiger partial charge on any atom is 0.329 e. The van der Waals surface area contributed by atoms with E-state index in [2.05, 4.69) is 10.0 Å². The molecule has 1 fully saturated rings. The van der Waals surface area contributed by atoms with Gasteiger partial charge in [0.2, 0.25) is 10.0 Å². The third-order valence-electron chi connectivity index (χ3n) is 4.58. The van der Waals surface area contributed by atoms with Gasteiger partial charge < -0.3 is 10.4 Å². The molecule has 2 rings (SSSR count). The summed E-state index contributed by atoms with van der Waals surface area (Å²) < 4.78 is 26.9. The van der Waals surface area contributed by atoms with Gasteiger partial charge in [0, 0.05) is 12.1 Å². The molecular formula is C18H26N2O5S. The highest BCUT2D eigenvalue weighted by Crippen LogP contribution is 2.29. The maximum atomic E-state index is 12.5. The van der Waals surface area contributed by atoms with Crippen LogP contribution in [0, 0.1) is 5.92 Å². The minimum atomic E-state index is -3.63. The number of carbonyl (C=O) groups excluding carboxylic acids is 1. The molecule has 3 N–H and O–H groups in total. The fourth-order valence-electron chi connectivity index (χ4n) is 2.98. The topological polar surface area (TPSA) is 113 Å². The molecule has 0 spiro atoms. The van der Waals surface area contributed by atoms with Gasteiger partial charge in [0.15, 0.2) is 0 Å². The molecule has 1 aliphatic rings. The molecule has 0 radical (unpaired) electrons. The highest BCUT2D eigenvalue weighted by atomic mass is 32.2. The van der Waals surface area contributed by atoms with E-state index in [1.807, 2.05) is 13.8 Å². The molecule has 0 unspecified atom stereocenters. The highest BCUT2D eigenvalue weighted by Gasteiger charge is 2.41. The molecule has 1 aromatic carbocycles. The van der Waals surface area contributed by atoms with Gasteiger partial charge in [-0.2, -0.15) is 0 Å². The molecule has 1 aliphatic carbocycles. The van der Waals surface area contributed by atoms with Crippen molar-refractivity contribution < 1.29 is 23.1 Å². The average molecular weight is 382 g/mol. The second kappa shape index (κ2) is 8.18. The van der Waals surface area contributed by atoms with Crippen molar-refractivity contribution >= 4 is 21.9 Å². The Kier molecular flexibility index (Phi) is 6.41. The second-order valence-electron chi connectivity index (χ2n) is 7.17. The van der Waals surface area contributed by atoms with Crippen molar-refractivity contribution in [2.75, 3.05) is 6.54 Å². The van der Waals surface area contributed by atoms with E-state index in [1.165, 1.54) is 24.3 Å². The van der Waals surface area contributed by atoms with E-state index in [-0.39, 0.29) is 16.4 Å². The molecular weight excluding hydrogens is 356 g/mol. The van der Waals surface area contributed by atoms with E-state index in [4.69, 9.17) is 0 Å². The summed E-state index contributed by atoms with van der Waals surface area (Å²) in [6.45, 7) is 4.13. The molecule has 1 amide bonds. The standard InChI is InChI=1S/C18H26N2O5S/c1-13(2)12-19-26(24,25)15-8-6-14(7-9-15)16(21)20-18(17(22)23)10-4-3-5-11-18/h6-9,13,19H,3-5,10-12H2,1-2H3,(H,20,21)(H,22,23). The summed E-state index contributed by atoms with van der Waals surface area (Å²) in [5.74, 6) is -1.35. The third-order valence-corrected chi connectivity index (χ3v) is 6.02. The van der Waals surface area contributed by atoms with Gasteiger partial charge >= 0.3 is 5.97 Å². The molecule has 26 heavy (non-hydrogen) atoms. The molecule has 144 valence electrons. The van der Waals surface area contributed by atoms with Crippen molar-refractivity contribution in [3.63, 3.8) is 0 Å². The van der Waals surface area contributed by atoms with Crippen molar-refractivity contribution in [1.82, 2.24) is 10.0 Å². The second-order valence-corrected chi connectivity index (χ2v) is 8.94. The van der Waals surface area contributed by atoms with E-state index in [0.29, 0.717) is 19.4 Å². The molecule has 0 aromatic heterocycles. The first-order valence-corrected chi connectivity index (χ1v) is 10.3. The summed E-state index contributed by atoms with van der Waals surface area (Å²) in [4.78, 5) is 24.2. The van der Waals surface area contributed by atoms with Crippen LogP contribution in [-0.2, 0) is 14.8 Å². The molecule has 8 heteroatoms. The fourth-order valence-corrected chi connectivity index (χ4v) is 4.20. The van der Waals surface area contributed by atoms with Gasteiger partial charge in [-0.05, 0) is 43.0 Å². The largest absolute Gasteiger partial charge is 0.480 e. The van der Waals surface area contributed by atoms with E-state index in [9.17, 15) is 23.1 Å². The van der Waals surface area contributed by atoms with Crippen LogP contribution < -0.4 is 10.0 Å². The molecule has 1 saturated carbocycles. The zero-order valence-electron chi connectivity index (χ0n) is 15.1. The number of carboxylic acid groups (broad SMARTS) is 1. The lowest BCUT2D eigenvalue weighted by atomic mass is 9.81. The van der Waals surface area contributed by atoms with Crippen molar-refractivity contribution in [3.05, 3.63) is 29.8 Å². The lowest BCUT2D eigenvalue weighted by Crippen LogP contribution is -2.55. The van der Waals surface area contributed by atoms with Crippen LogP contribution in [0.25, 0.3) is 0 Å². The zero-order chi connectivity index (χ0) is 19.4. The summed E-state index contributed by atoms with van der Waals surface area (Å²) >= 11 is 0. The van der Waals surface area contributed by atoms with Gasteiger partial charge in [0.1, 0.15) is 5.54 Å². The fraction of sp³-hybridized carbons (Fsp3) is 0.556. The molecule has 0 bridgehead atoms. The van der Waals surface area contributed by atoms with E-state index in [1.54, 1.807) is 0 Å². The Morgan fingerprint density at radius 3 is 2.19 bits per heavy atom. The van der Waals surface area contributed by atoms with Crippen molar-refractivity contribution in [2.45, 2.75) is 56.4 Å². The van der Waals surface area contributed by atoms with Crippen molar-refractivity contribution in [1.29, 1.82) is 0 Å². The number of carboxylic acids is 1. The number of carbonyl (C=O) groups is 2. The van der Waals surface area contributed by atoms with Crippen molar-refractivity contribution in [2.24, 2.45) is 5.92 Å². The number of hydrogen-bond acceptors (Lipinski definition) is 4. The predicted octanol–water partition coefficient (Wildman–Crippen LogP) is 2.14. The van der Waals surface area contributed by atoms with E-state index < -0.39 is 27.4 Å². The molecule has 0 heterocycles. The smallest absolute Gasteiger partial charge is 0.329 e. The van der Waals surface area contributed by atoms with Crippen LogP contribution in [0.1, 0.15) is 56.3 Å². The van der Waals surface area contributed by atoms with Crippen LogP contribution in [0.15, 0.2) is 29.2 Å². The number of benzene rings is 1. The number of sulfonamides is 1. The predicted molar refractivity (Wildman–Crippen MR) is 97.4 cm³/mol. The zero-order valence-corrected chi connectivity index (χ0v) is 15.9. The first-order chi connectivity index (χ1) is 12.2. The monoisotopic (exact) mass is 382 g/mol. The van der Waals surface area contributed by atoms with Gasteiger partial charge in [-0.15, -0.1) is 0 Å². The first-order valence-electron chi connectivity index (χ1n) is 8.82. The van der Waals surface area contributed by atoms with Gasteiger partial charge in [0.25, 0.3) is 5.91 Å². The number of aliphatic carboxylic acids is 1. The Labute approximate surface area is 154 Å². The maximum absolute atomic E-state index is 12.5. The van der Waals surface area contributed by atoms with Gasteiger partial charge in [0.05, 0.1) is 4.90 Å². The number of amides is 1. The van der Waals surface area contributed by atoms with Crippen LogP contribution in [0.4, 0.5) is 0 Å². The summed E-state index contributed by atoms with van der Waals surface area (Å²) in [6.07, 6.45) is 3.27. The molecule has 0 atom stereocenters. The Balaban J connectivity index is 2.12. The van der Waals surface area contributed by atoms with E-state index >= 15 is 0 Å². The minimum absolute atomic E-state index is 0.0697. The van der Waals surface area contributed by atoms with Gasteiger partial charge in [-0.25, -0.2) is 17.9 Å². The molecule has 0 aliphatic heterocycles. The minimum Gasteiger partial charge on any atom is -0.480 e. The van der Waals surface area contributed by atoms with E-state index in [0.717, 1.165) is 19.3 Å². The van der Waals surface area contributed by atoms with Crippen LogP contribution in [-0.4, -0.2) is 37.5 Å². The summed E-state index contributed by atoms with van der Waals surface area (Å²) in [5.41, 5.74) is -1.00. The van der Waals surface area contributed by atoms with Crippen LogP contribution in [0.2, 0.25) is 0 Å². The number of rotatable bonds is 7.